The molecule has 0 amide bonds. The molecule has 28 heavy (non-hydrogen) atoms. The van der Waals surface area contributed by atoms with E-state index in [1.54, 1.807) is 18.2 Å². The van der Waals surface area contributed by atoms with Crippen LogP contribution in [0.5, 0.6) is 11.5 Å². The molecule has 2 aromatic carbocycles. The zero-order valence-corrected chi connectivity index (χ0v) is 14.4. The molecule has 1 aliphatic rings. The van der Waals surface area contributed by atoms with E-state index < -0.39 is 10.8 Å². The average Bonchev–Trinajstić information content (AvgIpc) is 3.07. The molecule has 0 saturated heterocycles. The van der Waals surface area contributed by atoms with Gasteiger partial charge >= 0.3 is 0 Å². The molecule has 0 saturated carbocycles. The molecule has 0 radical (unpaired) electrons. The summed E-state index contributed by atoms with van der Waals surface area (Å²) in [6, 6.07) is 10.3. The molecule has 11 nitrogen and oxygen atoms in total. The number of carbonyl (C=O) groups excluding carboxylic acids is 1. The molecule has 0 aliphatic carbocycles. The number of rotatable bonds is 4. The van der Waals surface area contributed by atoms with Gasteiger partial charge in [-0.25, -0.2) is 0 Å². The Morgan fingerprint density at radius 1 is 1.14 bits per heavy atom. The third kappa shape index (κ3) is 3.28. The smallest absolute Gasteiger partial charge is 0.281 e. The van der Waals surface area contributed by atoms with E-state index in [1.807, 2.05) is 0 Å². The first kappa shape index (κ1) is 17.3. The first-order valence-corrected chi connectivity index (χ1v) is 8.19. The summed E-state index contributed by atoms with van der Waals surface area (Å²) in [6.45, 7) is 0.951. The number of hydrogen-bond acceptors (Lipinski definition) is 9. The molecule has 1 aromatic heterocycles. The maximum absolute atomic E-state index is 12.6. The van der Waals surface area contributed by atoms with Crippen molar-refractivity contribution in [3.63, 3.8) is 0 Å². The van der Waals surface area contributed by atoms with E-state index in [9.17, 15) is 14.9 Å². The molecule has 0 atom stereocenters. The molecule has 0 unspecified atom stereocenters. The predicted molar refractivity (Wildman–Crippen MR) is 98.0 cm³/mol. The molecule has 142 valence electrons. The van der Waals surface area contributed by atoms with Gasteiger partial charge < -0.3 is 20.5 Å². The lowest BCUT2D eigenvalue weighted by Gasteiger charge is -2.18. The van der Waals surface area contributed by atoms with Crippen LogP contribution in [0.4, 0.5) is 23.3 Å². The Morgan fingerprint density at radius 2 is 1.86 bits per heavy atom. The van der Waals surface area contributed by atoms with Gasteiger partial charge in [-0.2, -0.15) is 9.67 Å². The van der Waals surface area contributed by atoms with Gasteiger partial charge in [-0.1, -0.05) is 0 Å². The monoisotopic (exact) mass is 382 g/mol. The van der Waals surface area contributed by atoms with Crippen LogP contribution in [0, 0.1) is 10.1 Å². The van der Waals surface area contributed by atoms with Gasteiger partial charge in [0.25, 0.3) is 11.6 Å². The molecule has 3 N–H and O–H groups in total. The van der Waals surface area contributed by atoms with Gasteiger partial charge in [0.15, 0.2) is 11.5 Å². The summed E-state index contributed by atoms with van der Waals surface area (Å²) in [5.74, 6) is 0.664. The van der Waals surface area contributed by atoms with Gasteiger partial charge in [-0.3, -0.25) is 14.9 Å². The average molecular weight is 382 g/mol. The van der Waals surface area contributed by atoms with Crippen LogP contribution >= 0.6 is 0 Å². The molecule has 0 fully saturated rings. The fraction of sp³-hybridized carbons (Fsp3) is 0.118. The molecular formula is C17H14N6O5. The molecule has 2 heterocycles. The number of nitrogens with zero attached hydrogens (tertiary/aromatic N) is 4. The van der Waals surface area contributed by atoms with Gasteiger partial charge in [0.1, 0.15) is 13.2 Å². The van der Waals surface area contributed by atoms with Gasteiger partial charge in [-0.15, -0.1) is 5.10 Å². The van der Waals surface area contributed by atoms with E-state index in [4.69, 9.17) is 15.2 Å². The van der Waals surface area contributed by atoms with Crippen LogP contribution in [0.1, 0.15) is 10.4 Å². The topological polar surface area (TPSA) is 147 Å². The Balaban J connectivity index is 1.55. The summed E-state index contributed by atoms with van der Waals surface area (Å²) in [5, 5.41) is 17.7. The van der Waals surface area contributed by atoms with Crippen LogP contribution in [0.2, 0.25) is 0 Å². The first-order chi connectivity index (χ1) is 13.5. The van der Waals surface area contributed by atoms with Gasteiger partial charge in [-0.05, 0) is 24.3 Å². The third-order valence-corrected chi connectivity index (χ3v) is 3.95. The predicted octanol–water partition coefficient (Wildman–Crippen LogP) is 1.97. The summed E-state index contributed by atoms with van der Waals surface area (Å²) in [5.41, 5.74) is 6.49. The van der Waals surface area contributed by atoms with Crippen LogP contribution in [-0.2, 0) is 0 Å². The largest absolute Gasteiger partial charge is 0.486 e. The second-order valence-corrected chi connectivity index (χ2v) is 5.80. The molecule has 11 heteroatoms. The van der Waals surface area contributed by atoms with E-state index in [1.165, 1.54) is 24.3 Å². The highest BCUT2D eigenvalue weighted by atomic mass is 16.6. The minimum Gasteiger partial charge on any atom is -0.486 e. The number of nitro groups is 1. The molecular weight excluding hydrogens is 368 g/mol. The molecule has 0 spiro atoms. The zero-order valence-electron chi connectivity index (χ0n) is 14.4. The van der Waals surface area contributed by atoms with E-state index in [0.29, 0.717) is 30.4 Å². The SMILES string of the molecule is Nc1nc(Nc2ccc3c(c2)OCCO3)nn1C(=O)c1ccc([N+](=O)[O-])cc1. The van der Waals surface area contributed by atoms with E-state index >= 15 is 0 Å². The van der Waals surface area contributed by atoms with Crippen molar-refractivity contribution >= 4 is 29.2 Å². The van der Waals surface area contributed by atoms with Crippen LogP contribution < -0.4 is 20.5 Å². The van der Waals surface area contributed by atoms with Crippen molar-refractivity contribution in [2.75, 3.05) is 24.3 Å². The maximum Gasteiger partial charge on any atom is 0.281 e. The summed E-state index contributed by atoms with van der Waals surface area (Å²) in [6.07, 6.45) is 0. The van der Waals surface area contributed by atoms with Crippen molar-refractivity contribution in [1.82, 2.24) is 14.8 Å². The molecule has 4 rings (SSSR count). The Morgan fingerprint density at radius 3 is 2.57 bits per heavy atom. The number of nitrogens with one attached hydrogen (secondary N) is 1. The van der Waals surface area contributed by atoms with Crippen molar-refractivity contribution in [1.29, 1.82) is 0 Å². The van der Waals surface area contributed by atoms with Crippen LogP contribution in [0.25, 0.3) is 0 Å². The zero-order chi connectivity index (χ0) is 19.7. The van der Waals surface area contributed by atoms with E-state index in [2.05, 4.69) is 15.4 Å². The summed E-state index contributed by atoms with van der Waals surface area (Å²) in [4.78, 5) is 26.8. The number of anilines is 3. The molecule has 1 aliphatic heterocycles. The standard InChI is InChI=1S/C17H14N6O5/c18-16-20-17(19-11-3-6-13-14(9-11)28-8-7-27-13)21-22(16)15(24)10-1-4-12(5-2-10)23(25)26/h1-6,9H,7-8H2,(H3,18,19,20,21). The minimum absolute atomic E-state index is 0.115. The lowest BCUT2D eigenvalue weighted by atomic mass is 10.2. The summed E-state index contributed by atoms with van der Waals surface area (Å²) < 4.78 is 11.9. The van der Waals surface area contributed by atoms with Gasteiger partial charge in [0, 0.05) is 29.4 Å². The Hall–Kier alpha value is -4.15. The highest BCUT2D eigenvalue weighted by Crippen LogP contribution is 2.33. The lowest BCUT2D eigenvalue weighted by Crippen LogP contribution is -2.16. The quantitative estimate of drug-likeness (QED) is 0.510. The second kappa shape index (κ2) is 6.87. The highest BCUT2D eigenvalue weighted by molar-refractivity contribution is 5.97. The highest BCUT2D eigenvalue weighted by Gasteiger charge is 2.18. The minimum atomic E-state index is -0.560. The lowest BCUT2D eigenvalue weighted by molar-refractivity contribution is -0.384. The summed E-state index contributed by atoms with van der Waals surface area (Å²) >= 11 is 0. The normalized spacial score (nSPS) is 12.4. The number of nitro benzene ring substituents is 1. The Kier molecular flexibility index (Phi) is 4.24. The number of aromatic nitrogens is 3. The van der Waals surface area contributed by atoms with Crippen molar-refractivity contribution in [2.45, 2.75) is 0 Å². The number of carbonyl (C=O) groups is 1. The summed E-state index contributed by atoms with van der Waals surface area (Å²) in [7, 11) is 0. The van der Waals surface area contributed by atoms with Crippen molar-refractivity contribution < 1.29 is 19.2 Å². The number of nitrogen functional groups attached to an aromatic ring is 1. The number of ether oxygens (including phenoxy) is 2. The maximum atomic E-state index is 12.6. The number of fused-ring (bicyclic) bond motifs is 1. The van der Waals surface area contributed by atoms with E-state index in [-0.39, 0.29) is 23.1 Å². The Bertz CT molecular complexity index is 1060. The molecule has 0 bridgehead atoms. The molecule has 3 aromatic rings. The van der Waals surface area contributed by atoms with Crippen LogP contribution in [0.15, 0.2) is 42.5 Å². The van der Waals surface area contributed by atoms with E-state index in [0.717, 1.165) is 4.68 Å². The van der Waals surface area contributed by atoms with Crippen molar-refractivity contribution in [3.05, 3.63) is 58.1 Å². The fourth-order valence-electron chi connectivity index (χ4n) is 2.62. The number of hydrogen-bond donors (Lipinski definition) is 2. The number of nitrogens with two attached hydrogens (primary N) is 1. The van der Waals surface area contributed by atoms with Crippen molar-refractivity contribution in [2.24, 2.45) is 0 Å². The Labute approximate surface area is 157 Å². The van der Waals surface area contributed by atoms with Crippen LogP contribution in [0.3, 0.4) is 0 Å². The first-order valence-electron chi connectivity index (χ1n) is 8.19. The van der Waals surface area contributed by atoms with Crippen LogP contribution in [-0.4, -0.2) is 38.8 Å². The van der Waals surface area contributed by atoms with Gasteiger partial charge in [0.2, 0.25) is 11.9 Å². The van der Waals surface area contributed by atoms with Crippen molar-refractivity contribution in [3.8, 4) is 11.5 Å². The third-order valence-electron chi connectivity index (χ3n) is 3.95. The van der Waals surface area contributed by atoms with Gasteiger partial charge in [0.05, 0.1) is 4.92 Å². The fourth-order valence-corrected chi connectivity index (χ4v) is 2.62. The second-order valence-electron chi connectivity index (χ2n) is 5.80. The number of non-ortho nitro benzene ring substituents is 1. The number of benzene rings is 2.